The summed E-state index contributed by atoms with van der Waals surface area (Å²) in [6.07, 6.45) is 5.35. The third-order valence-corrected chi connectivity index (χ3v) is 5.45. The lowest BCUT2D eigenvalue weighted by Gasteiger charge is -2.38. The Hall–Kier alpha value is -3.50. The highest BCUT2D eigenvalue weighted by molar-refractivity contribution is 5.92. The molecule has 1 aliphatic rings. The molecule has 1 aromatic carbocycles. The molecule has 7 nitrogen and oxygen atoms in total. The Morgan fingerprint density at radius 2 is 2.00 bits per heavy atom. The molecule has 1 aliphatic heterocycles. The molecule has 4 rings (SSSR count). The molecule has 0 spiro atoms. The van der Waals surface area contributed by atoms with E-state index < -0.39 is 0 Å². The van der Waals surface area contributed by atoms with Gasteiger partial charge in [0.2, 0.25) is 0 Å². The van der Waals surface area contributed by atoms with Crippen molar-refractivity contribution in [2.24, 2.45) is 0 Å². The van der Waals surface area contributed by atoms with E-state index in [-0.39, 0.29) is 18.0 Å². The second kappa shape index (κ2) is 8.89. The van der Waals surface area contributed by atoms with Gasteiger partial charge in [0, 0.05) is 37.6 Å². The fraction of sp³-hybridized carbons (Fsp3) is 0.304. The lowest BCUT2D eigenvalue weighted by molar-refractivity contribution is 0.0891. The number of carbonyl (C=O) groups excluding carboxylic acids is 1. The molecule has 1 unspecified atom stereocenters. The van der Waals surface area contributed by atoms with E-state index in [2.05, 4.69) is 32.5 Å². The summed E-state index contributed by atoms with van der Waals surface area (Å²) in [5.74, 6) is 0.429. The van der Waals surface area contributed by atoms with E-state index in [1.54, 1.807) is 19.2 Å². The first kappa shape index (κ1) is 19.8. The third-order valence-electron chi connectivity index (χ3n) is 5.45. The number of likely N-dealkylation sites (tertiary alicyclic amines) is 1. The number of nitrogens with zero attached hydrogens (tertiary/aromatic N) is 4. The van der Waals surface area contributed by atoms with Crippen molar-refractivity contribution >= 4 is 5.91 Å². The number of hydrogen-bond donors (Lipinski definition) is 1. The van der Waals surface area contributed by atoms with Crippen molar-refractivity contribution in [2.75, 3.05) is 13.1 Å². The summed E-state index contributed by atoms with van der Waals surface area (Å²) in [4.78, 5) is 19.1. The predicted molar refractivity (Wildman–Crippen MR) is 111 cm³/mol. The van der Waals surface area contributed by atoms with Gasteiger partial charge in [-0.1, -0.05) is 23.4 Å². The van der Waals surface area contributed by atoms with E-state index >= 15 is 0 Å². The van der Waals surface area contributed by atoms with Crippen LogP contribution in [0, 0.1) is 18.3 Å². The number of aryl methyl sites for hydroxylation is 1. The summed E-state index contributed by atoms with van der Waals surface area (Å²) in [6.45, 7) is 3.44. The van der Waals surface area contributed by atoms with E-state index in [1.165, 1.54) is 0 Å². The van der Waals surface area contributed by atoms with Gasteiger partial charge in [-0.3, -0.25) is 14.7 Å². The van der Waals surface area contributed by atoms with Crippen molar-refractivity contribution in [3.05, 3.63) is 83.0 Å². The largest absolute Gasteiger partial charge is 0.361 e. The first-order valence-corrected chi connectivity index (χ1v) is 10.0. The van der Waals surface area contributed by atoms with Gasteiger partial charge in [0.25, 0.3) is 5.91 Å². The molecule has 1 saturated heterocycles. The van der Waals surface area contributed by atoms with Gasteiger partial charge in [-0.2, -0.15) is 5.26 Å². The summed E-state index contributed by atoms with van der Waals surface area (Å²) in [5.41, 5.74) is 3.21. The minimum absolute atomic E-state index is 0.0567. The average Bonchev–Trinajstić information content (AvgIpc) is 3.23. The van der Waals surface area contributed by atoms with Crippen LogP contribution >= 0.6 is 0 Å². The molecule has 30 heavy (non-hydrogen) atoms. The molecule has 0 bridgehead atoms. The van der Waals surface area contributed by atoms with Gasteiger partial charge in [0.15, 0.2) is 5.69 Å². The van der Waals surface area contributed by atoms with Crippen molar-refractivity contribution in [3.8, 4) is 6.07 Å². The summed E-state index contributed by atoms with van der Waals surface area (Å²) in [7, 11) is 0. The number of rotatable bonds is 5. The number of carbonyl (C=O) groups is 1. The molecular formula is C23H23N5O2. The zero-order chi connectivity index (χ0) is 20.9. The Bertz CT molecular complexity index is 1030. The van der Waals surface area contributed by atoms with Crippen LogP contribution in [0.25, 0.3) is 0 Å². The first-order valence-electron chi connectivity index (χ1n) is 10.0. The SMILES string of the molecule is Cc1cc(C(=O)NC2CCN(C(c3ccc(C#N)cc3)c3cccnc3)CC2)no1. The van der Waals surface area contributed by atoms with Crippen molar-refractivity contribution in [1.29, 1.82) is 5.26 Å². The topological polar surface area (TPSA) is 95.1 Å². The second-order valence-corrected chi connectivity index (χ2v) is 7.53. The number of pyridine rings is 1. The fourth-order valence-corrected chi connectivity index (χ4v) is 3.93. The zero-order valence-electron chi connectivity index (χ0n) is 16.8. The monoisotopic (exact) mass is 401 g/mol. The fourth-order valence-electron chi connectivity index (χ4n) is 3.93. The van der Waals surface area contributed by atoms with E-state index in [4.69, 9.17) is 9.78 Å². The van der Waals surface area contributed by atoms with Gasteiger partial charge >= 0.3 is 0 Å². The third kappa shape index (κ3) is 4.39. The van der Waals surface area contributed by atoms with Crippen molar-refractivity contribution < 1.29 is 9.32 Å². The molecule has 2 aromatic heterocycles. The number of benzene rings is 1. The lowest BCUT2D eigenvalue weighted by Crippen LogP contribution is -2.46. The summed E-state index contributed by atoms with van der Waals surface area (Å²) in [6, 6.07) is 15.7. The number of nitriles is 1. The average molecular weight is 401 g/mol. The molecule has 1 N–H and O–H groups in total. The quantitative estimate of drug-likeness (QED) is 0.705. The van der Waals surface area contributed by atoms with Gasteiger partial charge in [0.05, 0.1) is 17.7 Å². The number of piperidine rings is 1. The second-order valence-electron chi connectivity index (χ2n) is 7.53. The molecule has 3 heterocycles. The maximum Gasteiger partial charge on any atom is 0.273 e. The summed E-state index contributed by atoms with van der Waals surface area (Å²) in [5, 5.41) is 16.0. The molecule has 1 atom stereocenters. The minimum atomic E-state index is -0.193. The maximum absolute atomic E-state index is 12.4. The standard InChI is InChI=1S/C23H23N5O2/c1-16-13-21(27-30-16)23(29)26-20-8-11-28(12-9-20)22(19-3-2-10-25-15-19)18-6-4-17(14-24)5-7-18/h2-7,10,13,15,20,22H,8-9,11-12H2,1H3,(H,26,29). The number of amides is 1. The maximum atomic E-state index is 12.4. The van der Waals surface area contributed by atoms with Crippen LogP contribution < -0.4 is 5.32 Å². The molecular weight excluding hydrogens is 378 g/mol. The van der Waals surface area contributed by atoms with Crippen LogP contribution in [0.15, 0.2) is 59.4 Å². The van der Waals surface area contributed by atoms with Crippen molar-refractivity contribution in [3.63, 3.8) is 0 Å². The minimum Gasteiger partial charge on any atom is -0.361 e. The molecule has 0 saturated carbocycles. The molecule has 7 heteroatoms. The Morgan fingerprint density at radius 1 is 1.23 bits per heavy atom. The molecule has 0 radical (unpaired) electrons. The molecule has 0 aliphatic carbocycles. The van der Waals surface area contributed by atoms with Crippen LogP contribution in [-0.4, -0.2) is 40.1 Å². The van der Waals surface area contributed by atoms with Crippen LogP contribution in [0.3, 0.4) is 0 Å². The van der Waals surface area contributed by atoms with Gasteiger partial charge in [-0.15, -0.1) is 0 Å². The highest BCUT2D eigenvalue weighted by atomic mass is 16.5. The zero-order valence-corrected chi connectivity index (χ0v) is 16.8. The van der Waals surface area contributed by atoms with Crippen LogP contribution in [0.1, 0.15) is 51.8 Å². The Kier molecular flexibility index (Phi) is 5.87. The van der Waals surface area contributed by atoms with E-state index in [0.717, 1.165) is 37.1 Å². The first-order chi connectivity index (χ1) is 14.6. The molecule has 152 valence electrons. The van der Waals surface area contributed by atoms with Crippen LogP contribution in [-0.2, 0) is 0 Å². The molecule has 1 fully saturated rings. The summed E-state index contributed by atoms with van der Waals surface area (Å²) < 4.78 is 4.99. The van der Waals surface area contributed by atoms with E-state index in [0.29, 0.717) is 17.0 Å². The van der Waals surface area contributed by atoms with Crippen LogP contribution in [0.4, 0.5) is 0 Å². The van der Waals surface area contributed by atoms with Crippen LogP contribution in [0.5, 0.6) is 0 Å². The predicted octanol–water partition coefficient (Wildman–Crippen LogP) is 3.23. The highest BCUT2D eigenvalue weighted by Crippen LogP contribution is 2.31. The Labute approximate surface area is 175 Å². The highest BCUT2D eigenvalue weighted by Gasteiger charge is 2.28. The van der Waals surface area contributed by atoms with Gasteiger partial charge in [0.1, 0.15) is 5.76 Å². The van der Waals surface area contributed by atoms with E-state index in [1.807, 2.05) is 36.5 Å². The normalized spacial score (nSPS) is 16.0. The number of nitrogens with one attached hydrogen (secondary N) is 1. The molecule has 3 aromatic rings. The van der Waals surface area contributed by atoms with Gasteiger partial charge < -0.3 is 9.84 Å². The Balaban J connectivity index is 1.46. The lowest BCUT2D eigenvalue weighted by atomic mass is 9.94. The summed E-state index contributed by atoms with van der Waals surface area (Å²) >= 11 is 0. The molecule has 1 amide bonds. The van der Waals surface area contributed by atoms with Gasteiger partial charge in [-0.25, -0.2) is 0 Å². The van der Waals surface area contributed by atoms with Crippen LogP contribution in [0.2, 0.25) is 0 Å². The van der Waals surface area contributed by atoms with Crippen molar-refractivity contribution in [1.82, 2.24) is 20.4 Å². The van der Waals surface area contributed by atoms with E-state index in [9.17, 15) is 4.79 Å². The Morgan fingerprint density at radius 3 is 2.60 bits per heavy atom. The van der Waals surface area contributed by atoms with Gasteiger partial charge in [-0.05, 0) is 49.1 Å². The number of hydrogen-bond acceptors (Lipinski definition) is 6. The van der Waals surface area contributed by atoms with Crippen molar-refractivity contribution in [2.45, 2.75) is 31.8 Å². The number of aromatic nitrogens is 2. The smallest absolute Gasteiger partial charge is 0.273 e.